The molecule has 1 aliphatic rings. The highest BCUT2D eigenvalue weighted by Crippen LogP contribution is 2.33. The van der Waals surface area contributed by atoms with E-state index in [1.165, 1.54) is 10.6 Å². The van der Waals surface area contributed by atoms with Crippen molar-refractivity contribution in [3.8, 4) is 10.4 Å². The number of rotatable bonds is 3. The molecule has 4 nitrogen and oxygen atoms in total. The minimum Gasteiger partial charge on any atom is -0.368 e. The van der Waals surface area contributed by atoms with Crippen LogP contribution in [0.4, 0.5) is 5.69 Å². The van der Waals surface area contributed by atoms with Gasteiger partial charge in [-0.3, -0.25) is 9.78 Å². The fourth-order valence-corrected chi connectivity index (χ4v) is 4.91. The maximum Gasteiger partial charge on any atom is 0.254 e. The molecule has 3 heterocycles. The fraction of sp³-hybridized carbons (Fsp3) is 0.200. The van der Waals surface area contributed by atoms with Crippen LogP contribution >= 0.6 is 11.3 Å². The van der Waals surface area contributed by atoms with Crippen LogP contribution < -0.4 is 4.90 Å². The second kappa shape index (κ2) is 7.92. The molecule has 1 amide bonds. The Kier molecular flexibility index (Phi) is 4.97. The molecule has 2 aromatic carbocycles. The summed E-state index contributed by atoms with van der Waals surface area (Å²) in [5.41, 5.74) is 4.85. The SMILES string of the molecule is Cc1cc(C(=O)N2CCN(c3ccccc3)CC2)c2cccc(-c3cccs3)c2n1. The lowest BCUT2D eigenvalue weighted by molar-refractivity contribution is 0.0748. The number of hydrogen-bond donors (Lipinski definition) is 0. The summed E-state index contributed by atoms with van der Waals surface area (Å²) in [5, 5.41) is 3.00. The van der Waals surface area contributed by atoms with Crippen LogP contribution in [0.15, 0.2) is 72.1 Å². The summed E-state index contributed by atoms with van der Waals surface area (Å²) in [4.78, 5) is 23.8. The first kappa shape index (κ1) is 18.8. The van der Waals surface area contributed by atoms with Gasteiger partial charge in [0.05, 0.1) is 11.1 Å². The zero-order valence-electron chi connectivity index (χ0n) is 16.9. The van der Waals surface area contributed by atoms with E-state index >= 15 is 0 Å². The van der Waals surface area contributed by atoms with E-state index in [4.69, 9.17) is 4.98 Å². The number of para-hydroxylation sites is 2. The number of nitrogens with zero attached hydrogens (tertiary/aromatic N) is 3. The molecule has 30 heavy (non-hydrogen) atoms. The number of aromatic nitrogens is 1. The Morgan fingerprint density at radius 2 is 1.73 bits per heavy atom. The van der Waals surface area contributed by atoms with E-state index in [1.54, 1.807) is 11.3 Å². The third-order valence-corrected chi connectivity index (χ3v) is 6.58. The van der Waals surface area contributed by atoms with Gasteiger partial charge in [-0.25, -0.2) is 0 Å². The molecule has 0 spiro atoms. The Hall–Kier alpha value is -3.18. The van der Waals surface area contributed by atoms with Gasteiger partial charge in [0.15, 0.2) is 0 Å². The van der Waals surface area contributed by atoms with Crippen LogP contribution in [0.2, 0.25) is 0 Å². The molecule has 2 aromatic heterocycles. The Labute approximate surface area is 180 Å². The van der Waals surface area contributed by atoms with Gasteiger partial charge in [-0.15, -0.1) is 11.3 Å². The van der Waals surface area contributed by atoms with Crippen molar-refractivity contribution in [3.63, 3.8) is 0 Å². The van der Waals surface area contributed by atoms with Gasteiger partial charge in [0.2, 0.25) is 0 Å². The molecular weight excluding hydrogens is 390 g/mol. The first-order chi connectivity index (χ1) is 14.7. The van der Waals surface area contributed by atoms with Gasteiger partial charge in [-0.05, 0) is 36.6 Å². The smallest absolute Gasteiger partial charge is 0.254 e. The Bertz CT molecular complexity index is 1180. The third-order valence-electron chi connectivity index (χ3n) is 5.67. The van der Waals surface area contributed by atoms with Crippen molar-refractivity contribution in [3.05, 3.63) is 83.4 Å². The zero-order valence-corrected chi connectivity index (χ0v) is 17.7. The largest absolute Gasteiger partial charge is 0.368 e. The number of fused-ring (bicyclic) bond motifs is 1. The minimum absolute atomic E-state index is 0.0986. The van der Waals surface area contributed by atoms with Crippen molar-refractivity contribution in [1.29, 1.82) is 0 Å². The standard InChI is InChI=1S/C25H23N3OS/c1-18-17-22(20-9-5-10-21(24(20)26-18)23-11-6-16-30-23)25(29)28-14-12-27(13-15-28)19-7-3-2-4-8-19/h2-11,16-17H,12-15H2,1H3. The number of pyridine rings is 1. The van der Waals surface area contributed by atoms with Gasteiger partial charge in [-0.2, -0.15) is 0 Å². The number of piperazine rings is 1. The number of anilines is 1. The van der Waals surface area contributed by atoms with Crippen molar-refractivity contribution >= 4 is 33.8 Å². The van der Waals surface area contributed by atoms with E-state index in [1.807, 2.05) is 42.2 Å². The van der Waals surface area contributed by atoms with Gasteiger partial charge in [0.25, 0.3) is 5.91 Å². The lowest BCUT2D eigenvalue weighted by Gasteiger charge is -2.36. The van der Waals surface area contributed by atoms with Crippen molar-refractivity contribution in [2.24, 2.45) is 0 Å². The highest BCUT2D eigenvalue weighted by Gasteiger charge is 2.24. The van der Waals surface area contributed by atoms with Crippen molar-refractivity contribution < 1.29 is 4.79 Å². The van der Waals surface area contributed by atoms with Gasteiger partial charge in [0.1, 0.15) is 0 Å². The average Bonchev–Trinajstić information content (AvgIpc) is 3.33. The molecule has 1 fully saturated rings. The molecule has 0 aliphatic carbocycles. The molecule has 0 atom stereocenters. The second-order valence-corrected chi connectivity index (χ2v) is 8.55. The van der Waals surface area contributed by atoms with E-state index in [-0.39, 0.29) is 5.91 Å². The Balaban J connectivity index is 1.45. The summed E-state index contributed by atoms with van der Waals surface area (Å²) >= 11 is 1.70. The Morgan fingerprint density at radius 1 is 0.933 bits per heavy atom. The Morgan fingerprint density at radius 3 is 2.47 bits per heavy atom. The molecule has 0 radical (unpaired) electrons. The molecule has 4 aromatic rings. The summed E-state index contributed by atoms with van der Waals surface area (Å²) in [7, 11) is 0. The normalized spacial score (nSPS) is 14.3. The molecule has 0 saturated carbocycles. The lowest BCUT2D eigenvalue weighted by Crippen LogP contribution is -2.48. The van der Waals surface area contributed by atoms with E-state index in [0.29, 0.717) is 0 Å². The summed E-state index contributed by atoms with van der Waals surface area (Å²) in [6.07, 6.45) is 0. The number of carbonyl (C=O) groups is 1. The maximum atomic E-state index is 13.5. The highest BCUT2D eigenvalue weighted by molar-refractivity contribution is 7.13. The maximum absolute atomic E-state index is 13.5. The van der Waals surface area contributed by atoms with Gasteiger partial charge >= 0.3 is 0 Å². The predicted molar refractivity (Wildman–Crippen MR) is 124 cm³/mol. The second-order valence-electron chi connectivity index (χ2n) is 7.61. The molecule has 1 saturated heterocycles. The number of thiophene rings is 1. The van der Waals surface area contributed by atoms with Crippen molar-refractivity contribution in [1.82, 2.24) is 9.88 Å². The number of carbonyl (C=O) groups excluding carboxylic acids is 1. The van der Waals surface area contributed by atoms with Crippen LogP contribution in [0.25, 0.3) is 21.3 Å². The number of benzene rings is 2. The van der Waals surface area contributed by atoms with Crippen LogP contribution in [0, 0.1) is 6.92 Å². The zero-order chi connectivity index (χ0) is 20.5. The highest BCUT2D eigenvalue weighted by atomic mass is 32.1. The van der Waals surface area contributed by atoms with Crippen molar-refractivity contribution in [2.45, 2.75) is 6.92 Å². The van der Waals surface area contributed by atoms with Crippen LogP contribution in [0.1, 0.15) is 16.1 Å². The van der Waals surface area contributed by atoms with Crippen LogP contribution in [-0.2, 0) is 0 Å². The van der Waals surface area contributed by atoms with E-state index in [9.17, 15) is 4.79 Å². The van der Waals surface area contributed by atoms with E-state index < -0.39 is 0 Å². The molecular formula is C25H23N3OS. The van der Waals surface area contributed by atoms with Gasteiger partial charge in [0, 0.05) is 53.4 Å². The average molecular weight is 414 g/mol. The molecule has 0 bridgehead atoms. The topological polar surface area (TPSA) is 36.4 Å². The van der Waals surface area contributed by atoms with Gasteiger partial charge < -0.3 is 9.80 Å². The van der Waals surface area contributed by atoms with Gasteiger partial charge in [-0.1, -0.05) is 42.5 Å². The molecule has 5 rings (SSSR count). The predicted octanol–water partition coefficient (Wildman–Crippen LogP) is 5.23. The van der Waals surface area contributed by atoms with Crippen LogP contribution in [0.3, 0.4) is 0 Å². The first-order valence-corrected chi connectivity index (χ1v) is 11.1. The van der Waals surface area contributed by atoms with Crippen molar-refractivity contribution in [2.75, 3.05) is 31.1 Å². The van der Waals surface area contributed by atoms with E-state index in [2.05, 4.69) is 46.7 Å². The van der Waals surface area contributed by atoms with Crippen LogP contribution in [-0.4, -0.2) is 42.0 Å². The molecule has 1 aliphatic heterocycles. The molecule has 5 heteroatoms. The minimum atomic E-state index is 0.0986. The summed E-state index contributed by atoms with van der Waals surface area (Å²) in [6.45, 7) is 5.10. The molecule has 150 valence electrons. The fourth-order valence-electron chi connectivity index (χ4n) is 4.16. The summed E-state index contributed by atoms with van der Waals surface area (Å²) < 4.78 is 0. The lowest BCUT2D eigenvalue weighted by atomic mass is 10.0. The molecule has 0 unspecified atom stereocenters. The first-order valence-electron chi connectivity index (χ1n) is 10.2. The third kappa shape index (κ3) is 3.46. The monoisotopic (exact) mass is 413 g/mol. The number of aryl methyl sites for hydroxylation is 1. The number of amides is 1. The summed E-state index contributed by atoms with van der Waals surface area (Å²) in [5.74, 6) is 0.0986. The summed E-state index contributed by atoms with van der Waals surface area (Å²) in [6, 6.07) is 22.6. The number of hydrogen-bond acceptors (Lipinski definition) is 4. The quantitative estimate of drug-likeness (QED) is 0.461. The van der Waals surface area contributed by atoms with E-state index in [0.717, 1.165) is 53.9 Å². The van der Waals surface area contributed by atoms with Crippen LogP contribution in [0.5, 0.6) is 0 Å². The molecule has 0 N–H and O–H groups in total.